The highest BCUT2D eigenvalue weighted by Crippen LogP contribution is 2.41. The highest BCUT2D eigenvalue weighted by atomic mass is 35.5. The zero-order valence-corrected chi connectivity index (χ0v) is 13.8. The van der Waals surface area contributed by atoms with Gasteiger partial charge in [-0.05, 0) is 29.8 Å². The largest absolute Gasteiger partial charge is 0.303 e. The summed E-state index contributed by atoms with van der Waals surface area (Å²) in [4.78, 5) is 14.3. The van der Waals surface area contributed by atoms with E-state index in [2.05, 4.69) is 0 Å². The van der Waals surface area contributed by atoms with Crippen LogP contribution in [0.25, 0.3) is 5.57 Å². The van der Waals surface area contributed by atoms with Crippen molar-refractivity contribution in [2.75, 3.05) is 4.90 Å². The van der Waals surface area contributed by atoms with Crippen LogP contribution in [-0.2, 0) is 11.3 Å². The third-order valence-electron chi connectivity index (χ3n) is 3.74. The van der Waals surface area contributed by atoms with Gasteiger partial charge < -0.3 is 4.90 Å². The molecule has 1 amide bonds. The van der Waals surface area contributed by atoms with Gasteiger partial charge in [0.25, 0.3) is 5.91 Å². The second kappa shape index (κ2) is 6.37. The number of nitriles is 2. The molecule has 0 spiro atoms. The SMILES string of the molecule is N#CC(C#N)=C1C(=O)N(Cc2ccccc2Cl)c2ccc(Cl)cc21. The molecule has 0 radical (unpaired) electrons. The third kappa shape index (κ3) is 2.63. The number of rotatable bonds is 2. The molecule has 1 heterocycles. The zero-order chi connectivity index (χ0) is 17.3. The minimum atomic E-state index is -0.412. The fourth-order valence-electron chi connectivity index (χ4n) is 2.64. The van der Waals surface area contributed by atoms with E-state index in [1.807, 2.05) is 12.1 Å². The predicted molar refractivity (Wildman–Crippen MR) is 92.2 cm³/mol. The predicted octanol–water partition coefficient (Wildman–Crippen LogP) is 4.34. The van der Waals surface area contributed by atoms with Crippen LogP contribution in [0.2, 0.25) is 10.0 Å². The lowest BCUT2D eigenvalue weighted by molar-refractivity contribution is -0.113. The van der Waals surface area contributed by atoms with Crippen molar-refractivity contribution < 1.29 is 4.79 Å². The second-order valence-corrected chi connectivity index (χ2v) is 5.96. The van der Waals surface area contributed by atoms with Gasteiger partial charge in [-0.2, -0.15) is 10.5 Å². The maximum atomic E-state index is 12.8. The molecule has 0 fully saturated rings. The van der Waals surface area contributed by atoms with Crippen LogP contribution in [-0.4, -0.2) is 5.91 Å². The summed E-state index contributed by atoms with van der Waals surface area (Å²) in [5, 5.41) is 19.3. The Morgan fingerprint density at radius 1 is 1.08 bits per heavy atom. The number of anilines is 1. The van der Waals surface area contributed by atoms with Crippen molar-refractivity contribution >= 4 is 40.4 Å². The smallest absolute Gasteiger partial charge is 0.261 e. The number of hydrogen-bond donors (Lipinski definition) is 0. The molecular weight excluding hydrogens is 345 g/mol. The number of fused-ring (bicyclic) bond motifs is 1. The lowest BCUT2D eigenvalue weighted by Gasteiger charge is -2.18. The first kappa shape index (κ1) is 16.1. The van der Waals surface area contributed by atoms with Gasteiger partial charge in [-0.1, -0.05) is 41.4 Å². The molecule has 0 aliphatic carbocycles. The summed E-state index contributed by atoms with van der Waals surface area (Å²) in [5.41, 5.74) is 1.69. The minimum Gasteiger partial charge on any atom is -0.303 e. The molecule has 2 aromatic carbocycles. The number of carbonyl (C=O) groups excluding carboxylic acids is 1. The maximum absolute atomic E-state index is 12.8. The molecule has 116 valence electrons. The Morgan fingerprint density at radius 3 is 2.46 bits per heavy atom. The molecule has 0 saturated carbocycles. The number of benzene rings is 2. The Morgan fingerprint density at radius 2 is 1.79 bits per heavy atom. The summed E-state index contributed by atoms with van der Waals surface area (Å²) < 4.78 is 0. The van der Waals surface area contributed by atoms with Crippen LogP contribution < -0.4 is 4.90 Å². The third-order valence-corrected chi connectivity index (χ3v) is 4.34. The van der Waals surface area contributed by atoms with Crippen LogP contribution in [0.15, 0.2) is 48.0 Å². The molecule has 0 N–H and O–H groups in total. The maximum Gasteiger partial charge on any atom is 0.261 e. The van der Waals surface area contributed by atoms with Crippen LogP contribution >= 0.6 is 23.2 Å². The summed E-state index contributed by atoms with van der Waals surface area (Å²) in [6.45, 7) is 0.237. The van der Waals surface area contributed by atoms with Gasteiger partial charge in [0.05, 0.1) is 17.8 Å². The molecule has 3 rings (SSSR count). The molecule has 0 saturated heterocycles. The van der Waals surface area contributed by atoms with Crippen molar-refractivity contribution in [3.05, 3.63) is 69.2 Å². The number of hydrogen-bond acceptors (Lipinski definition) is 3. The fraction of sp³-hybridized carbons (Fsp3) is 0.0556. The lowest BCUT2D eigenvalue weighted by atomic mass is 10.0. The van der Waals surface area contributed by atoms with E-state index in [0.717, 1.165) is 5.56 Å². The van der Waals surface area contributed by atoms with Gasteiger partial charge in [-0.25, -0.2) is 0 Å². The van der Waals surface area contributed by atoms with Crippen molar-refractivity contribution in [2.24, 2.45) is 0 Å². The summed E-state index contributed by atoms with van der Waals surface area (Å²) in [5.74, 6) is -0.412. The van der Waals surface area contributed by atoms with Gasteiger partial charge in [-0.15, -0.1) is 0 Å². The van der Waals surface area contributed by atoms with Crippen molar-refractivity contribution in [3.63, 3.8) is 0 Å². The van der Waals surface area contributed by atoms with E-state index >= 15 is 0 Å². The molecular formula is C18H9Cl2N3O. The second-order valence-electron chi connectivity index (χ2n) is 5.12. The van der Waals surface area contributed by atoms with E-state index in [-0.39, 0.29) is 17.7 Å². The van der Waals surface area contributed by atoms with Gasteiger partial charge in [0.1, 0.15) is 17.7 Å². The number of nitrogens with zero attached hydrogens (tertiary/aromatic N) is 3. The van der Waals surface area contributed by atoms with E-state index in [9.17, 15) is 4.79 Å². The zero-order valence-electron chi connectivity index (χ0n) is 12.3. The topological polar surface area (TPSA) is 67.9 Å². The Hall–Kier alpha value is -2.79. The Labute approximate surface area is 148 Å². The number of allylic oxidation sites excluding steroid dienone is 1. The number of amides is 1. The molecule has 1 aliphatic heterocycles. The van der Waals surface area contributed by atoms with E-state index in [1.54, 1.807) is 42.5 Å². The molecule has 1 aliphatic rings. The molecule has 4 nitrogen and oxygen atoms in total. The molecule has 2 aromatic rings. The lowest BCUT2D eigenvalue weighted by Crippen LogP contribution is -2.26. The van der Waals surface area contributed by atoms with Gasteiger partial charge in [0, 0.05) is 15.6 Å². The molecule has 0 bridgehead atoms. The van der Waals surface area contributed by atoms with Crippen LogP contribution in [0.5, 0.6) is 0 Å². The number of halogens is 2. The average Bonchev–Trinajstić information content (AvgIpc) is 2.83. The summed E-state index contributed by atoms with van der Waals surface area (Å²) in [6, 6.07) is 15.7. The van der Waals surface area contributed by atoms with Gasteiger partial charge in [0.15, 0.2) is 0 Å². The van der Waals surface area contributed by atoms with Crippen LogP contribution in [0.4, 0.5) is 5.69 Å². The van der Waals surface area contributed by atoms with E-state index in [1.165, 1.54) is 4.90 Å². The monoisotopic (exact) mass is 353 g/mol. The first-order valence-electron chi connectivity index (χ1n) is 6.96. The van der Waals surface area contributed by atoms with E-state index < -0.39 is 5.91 Å². The van der Waals surface area contributed by atoms with Crippen LogP contribution in [0.3, 0.4) is 0 Å². The molecule has 0 aromatic heterocycles. The Balaban J connectivity index is 2.16. The first-order chi connectivity index (χ1) is 11.6. The highest BCUT2D eigenvalue weighted by molar-refractivity contribution is 6.36. The highest BCUT2D eigenvalue weighted by Gasteiger charge is 2.35. The van der Waals surface area contributed by atoms with Crippen molar-refractivity contribution in [3.8, 4) is 12.1 Å². The standard InChI is InChI=1S/C18H9Cl2N3O/c19-13-5-6-16-14(7-13)17(12(8-21)9-22)18(24)23(16)10-11-3-1-2-4-15(11)20/h1-7H,10H2. The summed E-state index contributed by atoms with van der Waals surface area (Å²) in [6.07, 6.45) is 0. The first-order valence-corrected chi connectivity index (χ1v) is 7.72. The summed E-state index contributed by atoms with van der Waals surface area (Å²) in [7, 11) is 0. The molecule has 6 heteroatoms. The van der Waals surface area contributed by atoms with Crippen molar-refractivity contribution in [1.82, 2.24) is 0 Å². The molecule has 0 unspecified atom stereocenters. The van der Waals surface area contributed by atoms with E-state index in [4.69, 9.17) is 33.7 Å². The Kier molecular flexibility index (Phi) is 4.27. The minimum absolute atomic E-state index is 0.0737. The van der Waals surface area contributed by atoms with Crippen molar-refractivity contribution in [1.29, 1.82) is 10.5 Å². The van der Waals surface area contributed by atoms with Gasteiger partial charge in [0.2, 0.25) is 0 Å². The number of carbonyl (C=O) groups is 1. The Bertz CT molecular complexity index is 951. The summed E-state index contributed by atoms with van der Waals surface area (Å²) >= 11 is 12.2. The van der Waals surface area contributed by atoms with Gasteiger partial charge in [-0.3, -0.25) is 4.79 Å². The van der Waals surface area contributed by atoms with Crippen LogP contribution in [0, 0.1) is 22.7 Å². The quantitative estimate of drug-likeness (QED) is 0.595. The van der Waals surface area contributed by atoms with Crippen molar-refractivity contribution in [2.45, 2.75) is 6.54 Å². The molecule has 0 atom stereocenters. The fourth-order valence-corrected chi connectivity index (χ4v) is 3.00. The van der Waals surface area contributed by atoms with Crippen LogP contribution in [0.1, 0.15) is 11.1 Å². The average molecular weight is 354 g/mol. The molecule has 24 heavy (non-hydrogen) atoms. The van der Waals surface area contributed by atoms with E-state index in [0.29, 0.717) is 21.3 Å². The normalized spacial score (nSPS) is 12.6. The van der Waals surface area contributed by atoms with Gasteiger partial charge >= 0.3 is 0 Å².